The van der Waals surface area contributed by atoms with Crippen LogP contribution in [0.3, 0.4) is 0 Å². The Morgan fingerprint density at radius 2 is 0.983 bits per heavy atom. The van der Waals surface area contributed by atoms with Gasteiger partial charge in [-0.3, -0.25) is 28.0 Å². The van der Waals surface area contributed by atoms with E-state index in [0.717, 1.165) is 57.8 Å². The van der Waals surface area contributed by atoms with Crippen molar-refractivity contribution < 1.29 is 66.3 Å². The number of carbonyl (C=O) groups is 3. The van der Waals surface area contributed by atoms with E-state index in [4.69, 9.17) is 23.8 Å². The van der Waals surface area contributed by atoms with Gasteiger partial charge in [0, 0.05) is 19.3 Å². The molecule has 14 nitrogen and oxygen atoms in total. The predicted octanol–water partition coefficient (Wildman–Crippen LogP) is 10.3. The van der Waals surface area contributed by atoms with E-state index in [1.807, 2.05) is 6.08 Å². The third-order valence-electron chi connectivity index (χ3n) is 9.31. The molecule has 4 N–H and O–H groups in total. The highest BCUT2D eigenvalue weighted by atomic mass is 31.2. The molecule has 340 valence electrons. The molecular weight excluding hydrogens is 790 g/mol. The second-order valence-electron chi connectivity index (χ2n) is 15.0. The lowest BCUT2D eigenvalue weighted by molar-refractivity contribution is -0.161. The van der Waals surface area contributed by atoms with Crippen LogP contribution in [0.2, 0.25) is 0 Å². The summed E-state index contributed by atoms with van der Waals surface area (Å²) in [5.41, 5.74) is 0. The van der Waals surface area contributed by atoms with Crippen LogP contribution < -0.4 is 0 Å². The second-order valence-corrected chi connectivity index (χ2v) is 17.7. The van der Waals surface area contributed by atoms with Crippen LogP contribution in [-0.4, -0.2) is 76.1 Å². The first-order valence-electron chi connectivity index (χ1n) is 22.0. The van der Waals surface area contributed by atoms with Crippen molar-refractivity contribution in [3.63, 3.8) is 0 Å². The summed E-state index contributed by atoms with van der Waals surface area (Å²) >= 11 is 0. The van der Waals surface area contributed by atoms with E-state index < -0.39 is 66.2 Å². The zero-order valence-corrected chi connectivity index (χ0v) is 37.4. The lowest BCUT2D eigenvalue weighted by Crippen LogP contribution is -2.30. The number of rotatable bonds is 42. The Kier molecular flexibility index (Phi) is 37.1. The largest absolute Gasteiger partial charge is 0.472 e. The van der Waals surface area contributed by atoms with Gasteiger partial charge in [-0.25, -0.2) is 9.13 Å². The molecule has 1 unspecified atom stereocenters. The minimum Gasteiger partial charge on any atom is -0.462 e. The zero-order valence-electron chi connectivity index (χ0n) is 35.7. The van der Waals surface area contributed by atoms with Gasteiger partial charge in [0.2, 0.25) is 0 Å². The molecule has 0 saturated carbocycles. The summed E-state index contributed by atoms with van der Waals surface area (Å²) in [6, 6.07) is 0. The van der Waals surface area contributed by atoms with E-state index in [1.165, 1.54) is 83.5 Å². The number of carbonyl (C=O) groups excluding carboxylic acids is 3. The summed E-state index contributed by atoms with van der Waals surface area (Å²) in [7, 11) is -9.71. The van der Waals surface area contributed by atoms with Crippen LogP contribution in [0, 0.1) is 0 Å². The molecule has 0 fully saturated rings. The Bertz CT molecular complexity index is 1190. The van der Waals surface area contributed by atoms with Crippen LogP contribution in [-0.2, 0) is 46.6 Å². The van der Waals surface area contributed by atoms with Gasteiger partial charge in [0.15, 0.2) is 11.9 Å². The number of unbranched alkanes of at least 4 members (excludes halogenated alkanes) is 21. The summed E-state index contributed by atoms with van der Waals surface area (Å²) in [6.07, 6.45) is 31.3. The first-order valence-corrected chi connectivity index (χ1v) is 25.0. The van der Waals surface area contributed by atoms with E-state index in [0.29, 0.717) is 19.3 Å². The maximum absolute atomic E-state index is 12.6. The summed E-state index contributed by atoms with van der Waals surface area (Å²) in [5, 5.41) is 9.74. The van der Waals surface area contributed by atoms with Crippen molar-refractivity contribution in [1.82, 2.24) is 0 Å². The molecule has 0 spiro atoms. The Morgan fingerprint density at radius 3 is 1.52 bits per heavy atom. The average Bonchev–Trinajstić information content (AvgIpc) is 3.17. The van der Waals surface area contributed by atoms with Gasteiger partial charge in [0.1, 0.15) is 12.7 Å². The second kappa shape index (κ2) is 38.2. The zero-order chi connectivity index (χ0) is 43.2. The van der Waals surface area contributed by atoms with Crippen LogP contribution in [0.4, 0.5) is 0 Å². The van der Waals surface area contributed by atoms with Crippen molar-refractivity contribution in [2.45, 2.75) is 199 Å². The molecule has 58 heavy (non-hydrogen) atoms. The van der Waals surface area contributed by atoms with Crippen molar-refractivity contribution in [2.75, 3.05) is 26.4 Å². The summed E-state index contributed by atoms with van der Waals surface area (Å²) in [5.74, 6) is -1.04. The van der Waals surface area contributed by atoms with Crippen LogP contribution in [0.5, 0.6) is 0 Å². The Labute approximate surface area is 349 Å². The van der Waals surface area contributed by atoms with Gasteiger partial charge >= 0.3 is 27.6 Å². The molecule has 0 aliphatic carbocycles. The monoisotopic (exact) mass is 868 g/mol. The number of aliphatic hydroxyl groups is 1. The normalized spacial score (nSPS) is 14.2. The van der Waals surface area contributed by atoms with E-state index in [9.17, 15) is 33.5 Å². The average molecular weight is 869 g/mol. The number of aliphatic hydroxyl groups excluding tert-OH is 1. The highest BCUT2D eigenvalue weighted by molar-refractivity contribution is 7.47. The summed E-state index contributed by atoms with van der Waals surface area (Å²) in [4.78, 5) is 64.7. The topological polar surface area (TPSA) is 212 Å². The minimum absolute atomic E-state index is 0.0505. The number of ether oxygens (including phenoxy) is 2. The van der Waals surface area contributed by atoms with Crippen molar-refractivity contribution >= 4 is 33.4 Å². The molecule has 0 heterocycles. The van der Waals surface area contributed by atoms with Crippen molar-refractivity contribution in [1.29, 1.82) is 0 Å². The first kappa shape index (κ1) is 56.3. The quantitative estimate of drug-likeness (QED) is 0.0148. The molecule has 16 heteroatoms. The lowest BCUT2D eigenvalue weighted by Gasteiger charge is -2.20. The number of phosphoric acid groups is 2. The molecule has 3 atom stereocenters. The maximum Gasteiger partial charge on any atom is 0.472 e. The van der Waals surface area contributed by atoms with Gasteiger partial charge < -0.3 is 29.3 Å². The third-order valence-corrected chi connectivity index (χ3v) is 10.7. The van der Waals surface area contributed by atoms with Crippen LogP contribution in [0.1, 0.15) is 187 Å². The molecule has 0 aromatic heterocycles. The Hall–Kier alpha value is -1.73. The summed E-state index contributed by atoms with van der Waals surface area (Å²) < 4.78 is 47.7. The van der Waals surface area contributed by atoms with Gasteiger partial charge in [-0.2, -0.15) is 0 Å². The van der Waals surface area contributed by atoms with Crippen LogP contribution >= 0.6 is 15.6 Å². The molecule has 0 aromatic rings. The lowest BCUT2D eigenvalue weighted by atomic mass is 10.0. The Morgan fingerprint density at radius 1 is 0.534 bits per heavy atom. The molecule has 0 aromatic carbocycles. The number of hydrogen-bond donors (Lipinski definition) is 4. The molecule has 0 aliphatic heterocycles. The number of phosphoric ester groups is 2. The fourth-order valence-electron chi connectivity index (χ4n) is 5.92. The minimum atomic E-state index is -4.87. The third kappa shape index (κ3) is 41.0. The van der Waals surface area contributed by atoms with Crippen LogP contribution in [0.15, 0.2) is 24.3 Å². The number of hydrogen-bond acceptors (Lipinski definition) is 11. The molecule has 0 aliphatic rings. The molecule has 0 amide bonds. The van der Waals surface area contributed by atoms with Crippen LogP contribution in [0.25, 0.3) is 0 Å². The number of ketones is 1. The highest BCUT2D eigenvalue weighted by Crippen LogP contribution is 2.43. The van der Waals surface area contributed by atoms with Crippen molar-refractivity contribution in [3.8, 4) is 0 Å². The van der Waals surface area contributed by atoms with E-state index >= 15 is 0 Å². The van der Waals surface area contributed by atoms with Crippen molar-refractivity contribution in [3.05, 3.63) is 24.3 Å². The fraction of sp³-hybridized carbons (Fsp3) is 0.833. The standard InChI is InChI=1S/C42H78O14P2/c1-3-5-7-9-11-12-13-14-15-16-17-18-20-24-28-32-41(45)52-36-40(37-55-58(50,51)54-35-39(44)34-53-57(47,48)49)56-42(46)33-29-25-21-23-27-31-38(43)30-26-22-19-10-8-6-4-2/h19,22,26,30,39-40,44H,3-18,20-21,23-25,27-29,31-37H2,1-2H3,(H,50,51)(H2,47,48,49)/b22-19-,30-26+/t39-,40+/m0/s1. The molecular formula is C42H78O14P2. The van der Waals surface area contributed by atoms with E-state index in [2.05, 4.69) is 29.0 Å². The molecule has 0 radical (unpaired) electrons. The molecule has 0 rings (SSSR count). The predicted molar refractivity (Wildman–Crippen MR) is 226 cm³/mol. The number of allylic oxidation sites excluding steroid dienone is 4. The maximum atomic E-state index is 12.6. The SMILES string of the molecule is CCCCC/C=C\C=C\C(=O)CCCCCCCC(=O)O[C@H](COC(=O)CCCCCCCCCCCCCCCCC)COP(=O)(O)OC[C@@H](O)COP(=O)(O)O. The van der Waals surface area contributed by atoms with Gasteiger partial charge in [-0.15, -0.1) is 0 Å². The number of esters is 2. The van der Waals surface area contributed by atoms with Gasteiger partial charge in [0.25, 0.3) is 0 Å². The van der Waals surface area contributed by atoms with Gasteiger partial charge in [0.05, 0.1) is 19.8 Å². The fourth-order valence-corrected chi connectivity index (χ4v) is 7.07. The van der Waals surface area contributed by atoms with Gasteiger partial charge in [-0.1, -0.05) is 154 Å². The van der Waals surface area contributed by atoms with Crippen molar-refractivity contribution in [2.24, 2.45) is 0 Å². The molecule has 0 saturated heterocycles. The first-order chi connectivity index (χ1) is 27.8. The molecule has 0 bridgehead atoms. The Balaban J connectivity index is 4.58. The van der Waals surface area contributed by atoms with E-state index in [-0.39, 0.29) is 18.6 Å². The van der Waals surface area contributed by atoms with Gasteiger partial charge in [-0.05, 0) is 38.2 Å². The smallest absolute Gasteiger partial charge is 0.462 e. The summed E-state index contributed by atoms with van der Waals surface area (Å²) in [6.45, 7) is 1.59. The van der Waals surface area contributed by atoms with E-state index in [1.54, 1.807) is 12.2 Å². The highest BCUT2D eigenvalue weighted by Gasteiger charge is 2.28.